The molecule has 3 aromatic rings. The first-order valence-corrected chi connectivity index (χ1v) is 9.24. The van der Waals surface area contributed by atoms with E-state index in [1.165, 1.54) is 12.1 Å². The number of benzene rings is 1. The Morgan fingerprint density at radius 1 is 1.36 bits per heavy atom. The number of hydrogen-bond donors (Lipinski definition) is 2. The van der Waals surface area contributed by atoms with Gasteiger partial charge in [0.1, 0.15) is 5.82 Å². The second kappa shape index (κ2) is 8.17. The number of aromatic amines is 1. The van der Waals surface area contributed by atoms with Crippen molar-refractivity contribution in [3.8, 4) is 11.4 Å². The third kappa shape index (κ3) is 3.96. The molecule has 1 fully saturated rings. The molecule has 1 saturated heterocycles. The Labute approximate surface area is 164 Å². The minimum absolute atomic E-state index is 0.0804. The topological polar surface area (TPSA) is 97.7 Å². The highest BCUT2D eigenvalue weighted by Gasteiger charge is 2.23. The molecule has 1 aliphatic rings. The maximum Gasteiger partial charge on any atom is 0.261 e. The summed E-state index contributed by atoms with van der Waals surface area (Å²) >= 11 is 5.78. The van der Waals surface area contributed by atoms with Gasteiger partial charge in [-0.25, -0.2) is 4.39 Å². The molecular formula is C18H18ClFN6O2. The van der Waals surface area contributed by atoms with Crippen molar-refractivity contribution in [3.05, 3.63) is 63.3 Å². The summed E-state index contributed by atoms with van der Waals surface area (Å²) in [4.78, 5) is 12.8. The van der Waals surface area contributed by atoms with Crippen molar-refractivity contribution in [2.45, 2.75) is 25.2 Å². The molecule has 2 aromatic heterocycles. The Morgan fingerprint density at radius 3 is 3.04 bits per heavy atom. The molecule has 1 unspecified atom stereocenters. The van der Waals surface area contributed by atoms with Crippen LogP contribution in [0.1, 0.15) is 18.1 Å². The molecule has 3 heterocycles. The molecular weight excluding hydrogens is 387 g/mol. The second-order valence-electron chi connectivity index (χ2n) is 6.53. The van der Waals surface area contributed by atoms with Crippen LogP contribution in [-0.4, -0.2) is 44.4 Å². The average Bonchev–Trinajstić information content (AvgIpc) is 3.12. The highest BCUT2D eigenvalue weighted by Crippen LogP contribution is 2.27. The van der Waals surface area contributed by atoms with Crippen LogP contribution in [-0.2, 0) is 11.3 Å². The fourth-order valence-electron chi connectivity index (χ4n) is 3.26. The first-order chi connectivity index (χ1) is 13.6. The molecule has 1 aromatic carbocycles. The van der Waals surface area contributed by atoms with Crippen LogP contribution in [0.15, 0.2) is 41.3 Å². The quantitative estimate of drug-likeness (QED) is 0.689. The molecule has 2 atom stereocenters. The number of ether oxygens (including phenoxy) is 1. The van der Waals surface area contributed by atoms with Gasteiger partial charge in [-0.3, -0.25) is 4.79 Å². The molecule has 0 radical (unpaired) electrons. The summed E-state index contributed by atoms with van der Waals surface area (Å²) < 4.78 is 21.6. The second-order valence-corrected chi connectivity index (χ2v) is 6.94. The largest absolute Gasteiger partial charge is 0.367 e. The van der Waals surface area contributed by atoms with Crippen molar-refractivity contribution in [3.63, 3.8) is 0 Å². The summed E-state index contributed by atoms with van der Waals surface area (Å²) in [7, 11) is 0. The number of hydrogen-bond acceptors (Lipinski definition) is 6. The van der Waals surface area contributed by atoms with Crippen molar-refractivity contribution in [1.82, 2.24) is 30.5 Å². The van der Waals surface area contributed by atoms with Crippen LogP contribution in [0.5, 0.6) is 0 Å². The van der Waals surface area contributed by atoms with Crippen molar-refractivity contribution in [2.75, 3.05) is 13.1 Å². The Morgan fingerprint density at radius 2 is 2.25 bits per heavy atom. The molecule has 28 heavy (non-hydrogen) atoms. The molecule has 0 saturated carbocycles. The summed E-state index contributed by atoms with van der Waals surface area (Å²) in [5, 5.41) is 17.0. The fourth-order valence-corrected chi connectivity index (χ4v) is 3.37. The van der Waals surface area contributed by atoms with E-state index in [2.05, 4.69) is 25.9 Å². The van der Waals surface area contributed by atoms with E-state index in [0.29, 0.717) is 25.1 Å². The Balaban J connectivity index is 1.55. The van der Waals surface area contributed by atoms with Crippen LogP contribution in [0.4, 0.5) is 4.39 Å². The Kier molecular flexibility index (Phi) is 5.47. The minimum Gasteiger partial charge on any atom is -0.367 e. The van der Waals surface area contributed by atoms with Gasteiger partial charge in [-0.1, -0.05) is 17.7 Å². The number of aromatic nitrogens is 5. The molecule has 8 nitrogen and oxygen atoms in total. The molecule has 0 amide bonds. The van der Waals surface area contributed by atoms with Gasteiger partial charge in [0.2, 0.25) is 5.82 Å². The van der Waals surface area contributed by atoms with Crippen LogP contribution >= 0.6 is 11.6 Å². The number of rotatable bonds is 4. The summed E-state index contributed by atoms with van der Waals surface area (Å²) in [6.07, 6.45) is 1.82. The van der Waals surface area contributed by atoms with E-state index in [0.717, 1.165) is 12.1 Å². The van der Waals surface area contributed by atoms with Crippen molar-refractivity contribution < 1.29 is 9.13 Å². The van der Waals surface area contributed by atoms with Crippen LogP contribution in [0.25, 0.3) is 11.4 Å². The van der Waals surface area contributed by atoms with Crippen molar-refractivity contribution in [2.24, 2.45) is 0 Å². The highest BCUT2D eigenvalue weighted by molar-refractivity contribution is 6.30. The monoisotopic (exact) mass is 404 g/mol. The zero-order valence-electron chi connectivity index (χ0n) is 14.8. The fraction of sp³-hybridized carbons (Fsp3) is 0.333. The summed E-state index contributed by atoms with van der Waals surface area (Å²) in [5.74, 6) is -0.227. The molecule has 146 valence electrons. The molecule has 4 rings (SSSR count). The molecule has 10 heteroatoms. The van der Waals surface area contributed by atoms with Crippen molar-refractivity contribution >= 4 is 11.6 Å². The zero-order valence-corrected chi connectivity index (χ0v) is 15.6. The van der Waals surface area contributed by atoms with E-state index >= 15 is 0 Å². The predicted octanol–water partition coefficient (Wildman–Crippen LogP) is 1.94. The minimum atomic E-state index is -0.472. The van der Waals surface area contributed by atoms with Gasteiger partial charge >= 0.3 is 0 Å². The standard InChI is InChI=1S/C18H18ClFN6O2/c19-14-4-3-11(8-15(14)20)16-5-6-21-9-12(28-16)10-26-7-1-2-13(18(26)27)17-22-24-25-23-17/h1-4,7-8,12,16,21H,5-6,9-10H2,(H,22,23,24,25)/t12?,16-/m1/s1. The first kappa shape index (κ1) is 18.7. The van der Waals surface area contributed by atoms with E-state index in [4.69, 9.17) is 16.3 Å². The summed E-state index contributed by atoms with van der Waals surface area (Å²) in [6.45, 7) is 1.64. The van der Waals surface area contributed by atoms with E-state index in [-0.39, 0.29) is 28.6 Å². The van der Waals surface area contributed by atoms with Crippen LogP contribution in [0, 0.1) is 5.82 Å². The van der Waals surface area contributed by atoms with Crippen molar-refractivity contribution in [1.29, 1.82) is 0 Å². The summed E-state index contributed by atoms with van der Waals surface area (Å²) in [6, 6.07) is 8.10. The van der Waals surface area contributed by atoms with Gasteiger partial charge in [0, 0.05) is 12.7 Å². The number of nitrogens with one attached hydrogen (secondary N) is 2. The van der Waals surface area contributed by atoms with Crippen LogP contribution < -0.4 is 10.9 Å². The van der Waals surface area contributed by atoms with E-state index < -0.39 is 5.82 Å². The van der Waals surface area contributed by atoms with Crippen LogP contribution in [0.2, 0.25) is 5.02 Å². The molecule has 1 aliphatic heterocycles. The zero-order chi connectivity index (χ0) is 19.5. The number of H-pyrrole nitrogens is 1. The third-order valence-corrected chi connectivity index (χ3v) is 4.94. The van der Waals surface area contributed by atoms with Crippen LogP contribution in [0.3, 0.4) is 0 Å². The lowest BCUT2D eigenvalue weighted by molar-refractivity contribution is -0.0116. The number of nitrogens with zero attached hydrogens (tertiary/aromatic N) is 4. The predicted molar refractivity (Wildman–Crippen MR) is 100 cm³/mol. The smallest absolute Gasteiger partial charge is 0.261 e. The number of pyridine rings is 1. The van der Waals surface area contributed by atoms with Gasteiger partial charge in [0.25, 0.3) is 5.56 Å². The lowest BCUT2D eigenvalue weighted by Gasteiger charge is -2.22. The normalized spacial score (nSPS) is 20.1. The highest BCUT2D eigenvalue weighted by atomic mass is 35.5. The maximum atomic E-state index is 13.8. The van der Waals surface area contributed by atoms with Gasteiger partial charge < -0.3 is 14.6 Å². The van der Waals surface area contributed by atoms with Gasteiger partial charge in [-0.15, -0.1) is 10.2 Å². The maximum absolute atomic E-state index is 13.8. The van der Waals surface area contributed by atoms with Gasteiger partial charge in [0.05, 0.1) is 29.3 Å². The molecule has 0 spiro atoms. The molecule has 0 bridgehead atoms. The third-order valence-electron chi connectivity index (χ3n) is 4.63. The number of tetrazole rings is 1. The number of halogens is 2. The van der Waals surface area contributed by atoms with Gasteiger partial charge in [-0.05, 0) is 48.0 Å². The SMILES string of the molecule is O=c1c(-c2nn[nH]n2)cccn1CC1CNCC[C@H](c2ccc(Cl)c(F)c2)O1. The van der Waals surface area contributed by atoms with E-state index in [9.17, 15) is 9.18 Å². The van der Waals surface area contributed by atoms with E-state index in [1.807, 2.05) is 0 Å². The molecule has 2 N–H and O–H groups in total. The Bertz CT molecular complexity index is 1010. The Hall–Kier alpha value is -2.62. The molecule has 0 aliphatic carbocycles. The lowest BCUT2D eigenvalue weighted by atomic mass is 10.1. The van der Waals surface area contributed by atoms with Gasteiger partial charge in [-0.2, -0.15) is 5.21 Å². The van der Waals surface area contributed by atoms with Gasteiger partial charge in [0.15, 0.2) is 0 Å². The average molecular weight is 405 g/mol. The van der Waals surface area contributed by atoms with E-state index in [1.54, 1.807) is 29.0 Å². The lowest BCUT2D eigenvalue weighted by Crippen LogP contribution is -2.34. The first-order valence-electron chi connectivity index (χ1n) is 8.86. The summed E-state index contributed by atoms with van der Waals surface area (Å²) in [5.41, 5.74) is 0.850.